The number of carboxylic acid groups (broad SMARTS) is 1. The molecule has 0 aromatic carbocycles. The van der Waals surface area contributed by atoms with Gasteiger partial charge in [0.15, 0.2) is 6.04 Å². The van der Waals surface area contributed by atoms with Crippen molar-refractivity contribution in [3.05, 3.63) is 0 Å². The third-order valence-electron chi connectivity index (χ3n) is 4.67. The smallest absolute Gasteiger partial charge is 0.328 e. The summed E-state index contributed by atoms with van der Waals surface area (Å²) < 4.78 is 0. The van der Waals surface area contributed by atoms with Crippen LogP contribution >= 0.6 is 0 Å². The molecule has 0 aromatic rings. The highest BCUT2D eigenvalue weighted by atomic mass is 16.4. The minimum absolute atomic E-state index is 0.139. The number of nitrogens with two attached hydrogens (primary N) is 1. The van der Waals surface area contributed by atoms with E-state index in [1.54, 1.807) is 20.8 Å². The number of amides is 3. The van der Waals surface area contributed by atoms with Crippen molar-refractivity contribution in [2.24, 2.45) is 17.6 Å². The topological polar surface area (TPSA) is 191 Å². The summed E-state index contributed by atoms with van der Waals surface area (Å²) in [4.78, 5) is 48.2. The largest absolute Gasteiger partial charge is 0.480 e. The van der Waals surface area contributed by atoms with Gasteiger partial charge in [-0.25, -0.2) is 4.79 Å². The molecule has 11 nitrogen and oxygen atoms in total. The highest BCUT2D eigenvalue weighted by molar-refractivity contribution is 5.94. The first-order valence-electron chi connectivity index (χ1n) is 9.55. The van der Waals surface area contributed by atoms with Crippen LogP contribution in [0.25, 0.3) is 0 Å². The van der Waals surface area contributed by atoms with Crippen LogP contribution < -0.4 is 21.7 Å². The van der Waals surface area contributed by atoms with Crippen molar-refractivity contribution in [2.45, 2.75) is 71.3 Å². The molecule has 6 unspecified atom stereocenters. The fraction of sp³-hybridized carbons (Fsp3) is 0.778. The molecular weight excluding hydrogens is 384 g/mol. The van der Waals surface area contributed by atoms with E-state index in [-0.39, 0.29) is 5.92 Å². The first kappa shape index (κ1) is 26.8. The predicted molar refractivity (Wildman–Crippen MR) is 104 cm³/mol. The van der Waals surface area contributed by atoms with Crippen molar-refractivity contribution in [3.8, 4) is 0 Å². The van der Waals surface area contributed by atoms with E-state index in [0.717, 1.165) is 0 Å². The average molecular weight is 418 g/mol. The van der Waals surface area contributed by atoms with Crippen LogP contribution in [0.4, 0.5) is 0 Å². The Morgan fingerprint density at radius 3 is 1.79 bits per heavy atom. The van der Waals surface area contributed by atoms with Gasteiger partial charge < -0.3 is 37.0 Å². The number of aliphatic carboxylic acids is 1. The number of nitrogens with one attached hydrogen (secondary N) is 3. The second-order valence-corrected chi connectivity index (χ2v) is 7.45. The zero-order valence-corrected chi connectivity index (χ0v) is 17.5. The van der Waals surface area contributed by atoms with Crippen molar-refractivity contribution in [1.82, 2.24) is 16.0 Å². The van der Waals surface area contributed by atoms with Crippen LogP contribution in [0.5, 0.6) is 0 Å². The number of carboxylic acids is 1. The van der Waals surface area contributed by atoms with Gasteiger partial charge in [0.1, 0.15) is 12.1 Å². The maximum Gasteiger partial charge on any atom is 0.328 e. The molecule has 3 amide bonds. The van der Waals surface area contributed by atoms with Crippen molar-refractivity contribution >= 4 is 23.7 Å². The molecule has 6 atom stereocenters. The SMILES string of the molecule is CCC(C)C(N)C(=O)NC(CO)C(=O)NC(C(=O)NC(C(=O)O)C(C)O)C(C)C. The van der Waals surface area contributed by atoms with E-state index in [1.165, 1.54) is 6.92 Å². The number of carbonyl (C=O) groups is 4. The Hall–Kier alpha value is -2.24. The van der Waals surface area contributed by atoms with E-state index in [0.29, 0.717) is 6.42 Å². The van der Waals surface area contributed by atoms with Crippen LogP contribution in [-0.4, -0.2) is 75.9 Å². The molecule has 0 aliphatic carbocycles. The summed E-state index contributed by atoms with van der Waals surface area (Å²) in [6, 6.07) is -4.91. The Bertz CT molecular complexity index is 583. The molecule has 0 saturated heterocycles. The Morgan fingerprint density at radius 2 is 1.41 bits per heavy atom. The van der Waals surface area contributed by atoms with Crippen molar-refractivity contribution in [1.29, 1.82) is 0 Å². The summed E-state index contributed by atoms with van der Waals surface area (Å²) in [5, 5.41) is 35.0. The third-order valence-corrected chi connectivity index (χ3v) is 4.67. The predicted octanol–water partition coefficient (Wildman–Crippen LogP) is -2.07. The molecule has 0 saturated carbocycles. The maximum atomic E-state index is 12.5. The molecule has 168 valence electrons. The lowest BCUT2D eigenvalue weighted by atomic mass is 9.99. The van der Waals surface area contributed by atoms with Gasteiger partial charge in [0.25, 0.3) is 0 Å². The monoisotopic (exact) mass is 418 g/mol. The highest BCUT2D eigenvalue weighted by Crippen LogP contribution is 2.07. The molecule has 0 heterocycles. The van der Waals surface area contributed by atoms with Gasteiger partial charge in [-0.15, -0.1) is 0 Å². The summed E-state index contributed by atoms with van der Waals surface area (Å²) in [5.74, 6) is -4.27. The van der Waals surface area contributed by atoms with Gasteiger partial charge in [-0.1, -0.05) is 34.1 Å². The van der Waals surface area contributed by atoms with Crippen LogP contribution in [0.3, 0.4) is 0 Å². The van der Waals surface area contributed by atoms with Gasteiger partial charge in [0, 0.05) is 0 Å². The average Bonchev–Trinajstić information content (AvgIpc) is 2.65. The molecule has 11 heteroatoms. The lowest BCUT2D eigenvalue weighted by Crippen LogP contribution is -2.60. The number of carbonyl (C=O) groups excluding carboxylic acids is 3. The van der Waals surface area contributed by atoms with E-state index in [9.17, 15) is 29.4 Å². The van der Waals surface area contributed by atoms with Crippen LogP contribution in [0.1, 0.15) is 41.0 Å². The summed E-state index contributed by atoms with van der Waals surface area (Å²) in [6.07, 6.45) is -0.708. The van der Waals surface area contributed by atoms with E-state index in [2.05, 4.69) is 16.0 Å². The van der Waals surface area contributed by atoms with Gasteiger partial charge in [-0.2, -0.15) is 0 Å². The van der Waals surface area contributed by atoms with Crippen molar-refractivity contribution in [2.75, 3.05) is 6.61 Å². The van der Waals surface area contributed by atoms with Gasteiger partial charge in [-0.05, 0) is 18.8 Å². The second kappa shape index (κ2) is 12.3. The minimum Gasteiger partial charge on any atom is -0.480 e. The number of hydrogen-bond acceptors (Lipinski definition) is 7. The van der Waals surface area contributed by atoms with Gasteiger partial charge in [-0.3, -0.25) is 14.4 Å². The van der Waals surface area contributed by atoms with Gasteiger partial charge in [0.05, 0.1) is 18.8 Å². The quantitative estimate of drug-likeness (QED) is 0.188. The first-order valence-corrected chi connectivity index (χ1v) is 9.55. The van der Waals surface area contributed by atoms with E-state index < -0.39 is 66.5 Å². The maximum absolute atomic E-state index is 12.5. The fourth-order valence-corrected chi connectivity index (χ4v) is 2.39. The molecule has 0 fully saturated rings. The summed E-state index contributed by atoms with van der Waals surface area (Å²) >= 11 is 0. The summed E-state index contributed by atoms with van der Waals surface area (Å²) in [7, 11) is 0. The normalized spacial score (nSPS) is 17.4. The van der Waals surface area contributed by atoms with Crippen molar-refractivity contribution < 1.29 is 34.5 Å². The van der Waals surface area contributed by atoms with Crippen molar-refractivity contribution in [3.63, 3.8) is 0 Å². The number of aliphatic hydroxyl groups excluding tert-OH is 2. The van der Waals surface area contributed by atoms with Crippen LogP contribution in [-0.2, 0) is 19.2 Å². The zero-order chi connectivity index (χ0) is 22.9. The van der Waals surface area contributed by atoms with Gasteiger partial charge >= 0.3 is 5.97 Å². The lowest BCUT2D eigenvalue weighted by molar-refractivity contribution is -0.145. The molecule has 29 heavy (non-hydrogen) atoms. The summed E-state index contributed by atoms with van der Waals surface area (Å²) in [6.45, 7) is 7.36. The van der Waals surface area contributed by atoms with E-state index >= 15 is 0 Å². The Labute approximate surface area is 170 Å². The molecule has 0 spiro atoms. The number of hydrogen-bond donors (Lipinski definition) is 7. The van der Waals surface area contributed by atoms with E-state index in [4.69, 9.17) is 10.8 Å². The molecule has 8 N–H and O–H groups in total. The Balaban J connectivity index is 5.21. The molecule has 0 aliphatic heterocycles. The Morgan fingerprint density at radius 1 is 0.897 bits per heavy atom. The first-order chi connectivity index (χ1) is 13.4. The molecule has 0 aromatic heterocycles. The van der Waals surface area contributed by atoms with Crippen LogP contribution in [0.15, 0.2) is 0 Å². The molecule has 0 bridgehead atoms. The van der Waals surface area contributed by atoms with Crippen LogP contribution in [0, 0.1) is 11.8 Å². The molecule has 0 aliphatic rings. The van der Waals surface area contributed by atoms with E-state index in [1.807, 2.05) is 6.92 Å². The number of aliphatic hydroxyl groups is 2. The second-order valence-electron chi connectivity index (χ2n) is 7.45. The summed E-state index contributed by atoms with van der Waals surface area (Å²) in [5.41, 5.74) is 5.81. The third kappa shape index (κ3) is 8.34. The fourth-order valence-electron chi connectivity index (χ4n) is 2.39. The lowest BCUT2D eigenvalue weighted by Gasteiger charge is -2.27. The Kier molecular flexibility index (Phi) is 11.4. The van der Waals surface area contributed by atoms with Crippen LogP contribution in [0.2, 0.25) is 0 Å². The molecule has 0 radical (unpaired) electrons. The zero-order valence-electron chi connectivity index (χ0n) is 17.5. The highest BCUT2D eigenvalue weighted by Gasteiger charge is 2.33. The minimum atomic E-state index is -1.55. The molecule has 0 rings (SSSR count). The number of rotatable bonds is 12. The molecular formula is C18H34N4O7. The standard InChI is InChI=1S/C18H34N4O7/c1-6-9(4)12(19)16(26)20-11(7-23)15(25)21-13(8(2)3)17(27)22-14(10(5)24)18(28)29/h8-14,23-24H,6-7,19H2,1-5H3,(H,20,26)(H,21,25)(H,22,27)(H,28,29). The van der Waals surface area contributed by atoms with Gasteiger partial charge in [0.2, 0.25) is 17.7 Å².